The summed E-state index contributed by atoms with van der Waals surface area (Å²) in [7, 11) is 3.01. The minimum absolute atomic E-state index is 0.0116. The molecule has 0 saturated carbocycles. The van der Waals surface area contributed by atoms with Crippen molar-refractivity contribution >= 4 is 24.1 Å². The number of nitrogens with one attached hydrogen (secondary N) is 1. The first-order valence-electron chi connectivity index (χ1n) is 15.0. The molecule has 1 N–H and O–H groups in total. The summed E-state index contributed by atoms with van der Waals surface area (Å²) in [5, 5.41) is 2.53. The van der Waals surface area contributed by atoms with E-state index in [1.54, 1.807) is 31.6 Å². The molecular weight excluding hydrogens is 544 g/mol. The zero-order chi connectivity index (χ0) is 30.3. The highest BCUT2D eigenvalue weighted by molar-refractivity contribution is 5.82. The molecule has 11 heteroatoms. The predicted octanol–water partition coefficient (Wildman–Crippen LogP) is 4.93. The van der Waals surface area contributed by atoms with Gasteiger partial charge in [-0.3, -0.25) is 4.79 Å². The molecule has 1 aromatic rings. The third kappa shape index (κ3) is 12.0. The number of aromatic nitrogens is 1. The Morgan fingerprint density at radius 1 is 1.10 bits per heavy atom. The van der Waals surface area contributed by atoms with Crippen molar-refractivity contribution in [1.29, 1.82) is 0 Å². The fourth-order valence-corrected chi connectivity index (χ4v) is 5.49. The van der Waals surface area contributed by atoms with Gasteiger partial charge in [0.15, 0.2) is 0 Å². The second-order valence-electron chi connectivity index (χ2n) is 11.1. The van der Waals surface area contributed by atoms with E-state index < -0.39 is 12.1 Å². The Morgan fingerprint density at radius 2 is 1.90 bits per heavy atom. The number of oxazole rings is 1. The molecule has 42 heavy (non-hydrogen) atoms. The number of carbonyl (C=O) groups is 3. The van der Waals surface area contributed by atoms with Gasteiger partial charge in [-0.05, 0) is 44.1 Å². The number of nitrogens with zero attached hydrogens (tertiary/aromatic N) is 1. The van der Waals surface area contributed by atoms with Crippen molar-refractivity contribution in [1.82, 2.24) is 10.3 Å². The molecule has 2 fully saturated rings. The number of fused-ring (bicyclic) bond motifs is 2. The maximum absolute atomic E-state index is 12.8. The van der Waals surface area contributed by atoms with Crippen LogP contribution in [-0.4, -0.2) is 74.3 Å². The Kier molecular flexibility index (Phi) is 14.0. The molecule has 2 aliphatic heterocycles. The monoisotopic (exact) mass is 590 g/mol. The van der Waals surface area contributed by atoms with Crippen molar-refractivity contribution in [3.8, 4) is 0 Å². The maximum atomic E-state index is 12.8. The summed E-state index contributed by atoms with van der Waals surface area (Å²) in [5.74, 6) is 0.0697. The highest BCUT2D eigenvalue weighted by Crippen LogP contribution is 2.31. The summed E-state index contributed by atoms with van der Waals surface area (Å²) < 4.78 is 33.5. The number of aryl methyl sites for hydroxylation is 1. The lowest BCUT2D eigenvalue weighted by atomic mass is 9.89. The SMILES string of the molecule is CCC[C@H]1C[C@@H](OC)C[C@H](C)C[C@@H]2C[C@@H](OC(=O)/C=C\CCc3coc(/C=C\CNC(=O)OC)n3)CC(CC(=O)O1)O2. The first-order chi connectivity index (χ1) is 20.3. The second kappa shape index (κ2) is 17.7. The van der Waals surface area contributed by atoms with Crippen LogP contribution >= 0.6 is 0 Å². The fourth-order valence-electron chi connectivity index (χ4n) is 5.49. The van der Waals surface area contributed by atoms with Gasteiger partial charge < -0.3 is 33.4 Å². The highest BCUT2D eigenvalue weighted by Gasteiger charge is 2.35. The maximum Gasteiger partial charge on any atom is 0.407 e. The Balaban J connectivity index is 1.49. The molecule has 2 bridgehead atoms. The molecule has 3 heterocycles. The van der Waals surface area contributed by atoms with Crippen molar-refractivity contribution in [3.63, 3.8) is 0 Å². The Hall–Kier alpha value is -3.18. The van der Waals surface area contributed by atoms with Gasteiger partial charge in [-0.1, -0.05) is 32.4 Å². The quantitative estimate of drug-likeness (QED) is 0.215. The van der Waals surface area contributed by atoms with E-state index in [0.29, 0.717) is 50.5 Å². The molecule has 2 saturated heterocycles. The zero-order valence-corrected chi connectivity index (χ0v) is 25.3. The van der Waals surface area contributed by atoms with Crippen LogP contribution in [0.5, 0.6) is 0 Å². The van der Waals surface area contributed by atoms with E-state index in [4.69, 9.17) is 23.4 Å². The summed E-state index contributed by atoms with van der Waals surface area (Å²) in [6.45, 7) is 4.56. The van der Waals surface area contributed by atoms with Crippen LogP contribution < -0.4 is 5.32 Å². The lowest BCUT2D eigenvalue weighted by Crippen LogP contribution is -2.41. The average Bonchev–Trinajstić information content (AvgIpc) is 3.39. The van der Waals surface area contributed by atoms with Crippen LogP contribution in [-0.2, 0) is 39.7 Å². The molecule has 1 amide bonds. The van der Waals surface area contributed by atoms with E-state index in [9.17, 15) is 14.4 Å². The topological polar surface area (TPSA) is 135 Å². The smallest absolute Gasteiger partial charge is 0.407 e. The number of hydrogen-bond acceptors (Lipinski definition) is 10. The first-order valence-corrected chi connectivity index (χ1v) is 15.0. The molecule has 0 aromatic carbocycles. The number of allylic oxidation sites excluding steroid dienone is 1. The molecule has 0 spiro atoms. The Morgan fingerprint density at radius 3 is 2.67 bits per heavy atom. The molecule has 6 atom stereocenters. The predicted molar refractivity (Wildman–Crippen MR) is 154 cm³/mol. The highest BCUT2D eigenvalue weighted by atomic mass is 16.6. The molecule has 11 nitrogen and oxygen atoms in total. The summed E-state index contributed by atoms with van der Waals surface area (Å²) in [5.41, 5.74) is 0.745. The van der Waals surface area contributed by atoms with E-state index in [0.717, 1.165) is 31.4 Å². The number of ether oxygens (including phenoxy) is 5. The third-order valence-electron chi connectivity index (χ3n) is 7.41. The van der Waals surface area contributed by atoms with Crippen molar-refractivity contribution < 1.29 is 42.5 Å². The molecule has 2 aliphatic rings. The van der Waals surface area contributed by atoms with Crippen LogP contribution in [0.2, 0.25) is 0 Å². The van der Waals surface area contributed by atoms with Gasteiger partial charge in [0.05, 0.1) is 37.5 Å². The lowest BCUT2D eigenvalue weighted by Gasteiger charge is -2.37. The van der Waals surface area contributed by atoms with Gasteiger partial charge in [-0.2, -0.15) is 0 Å². The Labute approximate surface area is 248 Å². The summed E-state index contributed by atoms with van der Waals surface area (Å²) in [6.07, 6.45) is 13.1. The molecule has 1 unspecified atom stereocenters. The van der Waals surface area contributed by atoms with Crippen LogP contribution in [0, 0.1) is 5.92 Å². The van der Waals surface area contributed by atoms with Crippen LogP contribution in [0.1, 0.15) is 83.2 Å². The second-order valence-corrected chi connectivity index (χ2v) is 11.1. The summed E-state index contributed by atoms with van der Waals surface area (Å²) in [4.78, 5) is 40.8. The van der Waals surface area contributed by atoms with E-state index in [1.165, 1.54) is 13.2 Å². The normalized spacial score (nSPS) is 27.2. The van der Waals surface area contributed by atoms with Crippen LogP contribution in [0.25, 0.3) is 6.08 Å². The zero-order valence-electron chi connectivity index (χ0n) is 25.3. The number of rotatable bonds is 11. The molecule has 0 radical (unpaired) electrons. The van der Waals surface area contributed by atoms with Gasteiger partial charge >= 0.3 is 18.0 Å². The van der Waals surface area contributed by atoms with Crippen LogP contribution in [0.3, 0.4) is 0 Å². The van der Waals surface area contributed by atoms with E-state index in [1.807, 2.05) is 0 Å². The first kappa shape index (κ1) is 33.3. The van der Waals surface area contributed by atoms with Crippen molar-refractivity contribution in [2.45, 2.75) is 109 Å². The Bertz CT molecular complexity index is 1050. The van der Waals surface area contributed by atoms with Gasteiger partial charge in [-0.15, -0.1) is 0 Å². The molecule has 234 valence electrons. The molecular formula is C31H46N2O9. The average molecular weight is 591 g/mol. The number of carbonyl (C=O) groups excluding carboxylic acids is 3. The minimum Gasteiger partial charge on any atom is -0.462 e. The van der Waals surface area contributed by atoms with Gasteiger partial charge in [-0.25, -0.2) is 14.6 Å². The number of alkyl carbamates (subject to hydrolysis) is 1. The van der Waals surface area contributed by atoms with Gasteiger partial charge in [0.1, 0.15) is 18.5 Å². The molecule has 1 aromatic heterocycles. The van der Waals surface area contributed by atoms with Gasteiger partial charge in [0.25, 0.3) is 0 Å². The largest absolute Gasteiger partial charge is 0.462 e. The number of cyclic esters (lactones) is 1. The minimum atomic E-state index is -0.513. The number of hydrogen-bond donors (Lipinski definition) is 1. The standard InChI is InChI=1S/C31H46N2O9/c1-5-9-23-16-24(37-3)14-21(2)15-25-17-26(18-27(40-25)19-30(35)41-23)42-29(34)12-7-6-10-22-20-39-28(33-22)11-8-13-32-31(36)38-4/h7-8,11-12,20-21,23-27H,5-6,9-10,13-19H2,1-4H3,(H,32,36)/b11-8-,12-7-/t21-,23-,24-,25+,26+,27?/m0/s1. The fraction of sp³-hybridized carbons (Fsp3) is 0.677. The van der Waals surface area contributed by atoms with Crippen LogP contribution in [0.15, 0.2) is 28.9 Å². The van der Waals surface area contributed by atoms with Gasteiger partial charge in [0.2, 0.25) is 5.89 Å². The van der Waals surface area contributed by atoms with Crippen molar-refractivity contribution in [2.24, 2.45) is 5.92 Å². The van der Waals surface area contributed by atoms with E-state index in [2.05, 4.69) is 28.9 Å². The number of esters is 2. The van der Waals surface area contributed by atoms with Crippen molar-refractivity contribution in [2.75, 3.05) is 20.8 Å². The molecule has 3 rings (SSSR count). The number of amides is 1. The summed E-state index contributed by atoms with van der Waals surface area (Å²) >= 11 is 0. The van der Waals surface area contributed by atoms with E-state index in [-0.39, 0.29) is 42.9 Å². The van der Waals surface area contributed by atoms with Crippen molar-refractivity contribution in [3.05, 3.63) is 36.1 Å². The summed E-state index contributed by atoms with van der Waals surface area (Å²) in [6, 6.07) is 0. The van der Waals surface area contributed by atoms with E-state index >= 15 is 0 Å². The molecule has 0 aliphatic carbocycles. The number of methoxy groups -OCH3 is 2. The van der Waals surface area contributed by atoms with Gasteiger partial charge in [0, 0.05) is 39.0 Å². The third-order valence-corrected chi connectivity index (χ3v) is 7.41. The van der Waals surface area contributed by atoms with Crippen LogP contribution in [0.4, 0.5) is 4.79 Å². The lowest BCUT2D eigenvalue weighted by molar-refractivity contribution is -0.168.